The number of hydrogen-bond donors (Lipinski definition) is 1. The molecule has 2 fully saturated rings. The number of benzene rings is 1. The van der Waals surface area contributed by atoms with Crippen LogP contribution in [0, 0.1) is 0 Å². The molecule has 3 heteroatoms. The fourth-order valence-electron chi connectivity index (χ4n) is 3.61. The third kappa shape index (κ3) is 4.53. The number of nitrogens with one attached hydrogen (secondary N) is 1. The molecule has 0 spiro atoms. The third-order valence-electron chi connectivity index (χ3n) is 5.03. The van der Waals surface area contributed by atoms with Crippen molar-refractivity contribution < 1.29 is 0 Å². The van der Waals surface area contributed by atoms with Crippen molar-refractivity contribution >= 4 is 0 Å². The maximum atomic E-state index is 3.91. The monoisotopic (exact) mass is 287 g/mol. The van der Waals surface area contributed by atoms with Crippen LogP contribution in [0.4, 0.5) is 0 Å². The zero-order valence-electron chi connectivity index (χ0n) is 13.3. The quantitative estimate of drug-likeness (QED) is 0.917. The molecule has 0 aliphatic carbocycles. The van der Waals surface area contributed by atoms with Crippen molar-refractivity contribution in [2.75, 3.05) is 33.2 Å². The van der Waals surface area contributed by atoms with Crippen LogP contribution in [-0.2, 0) is 6.54 Å². The van der Waals surface area contributed by atoms with E-state index in [0.29, 0.717) is 0 Å². The Morgan fingerprint density at radius 3 is 2.10 bits per heavy atom. The molecule has 0 amide bonds. The molecule has 1 aromatic rings. The minimum absolute atomic E-state index is 0.741. The van der Waals surface area contributed by atoms with Crippen molar-refractivity contribution in [3.8, 4) is 0 Å². The first-order chi connectivity index (χ1) is 10.3. The predicted molar refractivity (Wildman–Crippen MR) is 88.4 cm³/mol. The Hall–Kier alpha value is -0.900. The molecule has 3 rings (SSSR count). The first-order valence-electron chi connectivity index (χ1n) is 8.50. The van der Waals surface area contributed by atoms with E-state index in [1.807, 2.05) is 0 Å². The second-order valence-corrected chi connectivity index (χ2v) is 6.78. The van der Waals surface area contributed by atoms with Crippen LogP contribution >= 0.6 is 0 Å². The van der Waals surface area contributed by atoms with E-state index in [9.17, 15) is 0 Å². The molecule has 21 heavy (non-hydrogen) atoms. The molecule has 0 bridgehead atoms. The molecule has 2 saturated heterocycles. The minimum Gasteiger partial charge on any atom is -0.311 e. The molecule has 3 nitrogen and oxygen atoms in total. The molecular weight excluding hydrogens is 258 g/mol. The lowest BCUT2D eigenvalue weighted by atomic mass is 9.99. The lowest BCUT2D eigenvalue weighted by molar-refractivity contribution is 0.165. The summed E-state index contributed by atoms with van der Waals surface area (Å²) in [4.78, 5) is 5.04. The summed E-state index contributed by atoms with van der Waals surface area (Å²) >= 11 is 0. The molecule has 0 radical (unpaired) electrons. The van der Waals surface area contributed by atoms with Crippen LogP contribution in [-0.4, -0.2) is 55.1 Å². The fraction of sp³-hybridized carbons (Fsp3) is 0.667. The summed E-state index contributed by atoms with van der Waals surface area (Å²) in [6.07, 6.45) is 5.25. The van der Waals surface area contributed by atoms with Crippen molar-refractivity contribution in [3.63, 3.8) is 0 Å². The van der Waals surface area contributed by atoms with Gasteiger partial charge in [0.2, 0.25) is 0 Å². The lowest BCUT2D eigenvalue weighted by Gasteiger charge is -2.37. The van der Waals surface area contributed by atoms with Crippen LogP contribution < -0.4 is 5.32 Å². The minimum atomic E-state index is 0.741. The van der Waals surface area contributed by atoms with Gasteiger partial charge in [-0.2, -0.15) is 0 Å². The van der Waals surface area contributed by atoms with E-state index in [0.717, 1.165) is 18.6 Å². The van der Waals surface area contributed by atoms with Crippen LogP contribution in [0.3, 0.4) is 0 Å². The molecule has 0 atom stereocenters. The third-order valence-corrected chi connectivity index (χ3v) is 5.03. The van der Waals surface area contributed by atoms with Gasteiger partial charge in [0.05, 0.1) is 0 Å². The van der Waals surface area contributed by atoms with Crippen molar-refractivity contribution in [1.82, 2.24) is 15.1 Å². The van der Waals surface area contributed by atoms with Gasteiger partial charge in [0.25, 0.3) is 0 Å². The fourth-order valence-corrected chi connectivity index (χ4v) is 3.61. The summed E-state index contributed by atoms with van der Waals surface area (Å²) in [5.41, 5.74) is 1.44. The van der Waals surface area contributed by atoms with Gasteiger partial charge in [0, 0.05) is 18.6 Å². The molecule has 0 aromatic heterocycles. The van der Waals surface area contributed by atoms with E-state index in [2.05, 4.69) is 52.5 Å². The molecule has 0 unspecified atom stereocenters. The Morgan fingerprint density at radius 1 is 0.905 bits per heavy atom. The maximum Gasteiger partial charge on any atom is 0.0233 e. The first-order valence-corrected chi connectivity index (χ1v) is 8.50. The predicted octanol–water partition coefficient (Wildman–Crippen LogP) is 2.33. The molecule has 1 aromatic carbocycles. The molecule has 0 saturated carbocycles. The average molecular weight is 287 g/mol. The largest absolute Gasteiger partial charge is 0.311 e. The lowest BCUT2D eigenvalue weighted by Crippen LogP contribution is -2.49. The Labute approximate surface area is 129 Å². The van der Waals surface area contributed by atoms with Gasteiger partial charge in [-0.25, -0.2) is 0 Å². The van der Waals surface area contributed by atoms with Gasteiger partial charge in [-0.3, -0.25) is 4.90 Å². The highest BCUT2D eigenvalue weighted by atomic mass is 15.2. The Kier molecular flexibility index (Phi) is 5.28. The van der Waals surface area contributed by atoms with Gasteiger partial charge in [0.15, 0.2) is 0 Å². The van der Waals surface area contributed by atoms with Crippen LogP contribution in [0.2, 0.25) is 0 Å². The van der Waals surface area contributed by atoms with Gasteiger partial charge in [-0.1, -0.05) is 30.3 Å². The molecule has 2 aliphatic heterocycles. The van der Waals surface area contributed by atoms with E-state index < -0.39 is 0 Å². The topological polar surface area (TPSA) is 18.5 Å². The van der Waals surface area contributed by atoms with E-state index in [-0.39, 0.29) is 0 Å². The number of nitrogens with zero attached hydrogens (tertiary/aromatic N) is 2. The first kappa shape index (κ1) is 15.0. The summed E-state index contributed by atoms with van der Waals surface area (Å²) in [7, 11) is 2.23. The van der Waals surface area contributed by atoms with Crippen LogP contribution in [0.1, 0.15) is 31.2 Å². The summed E-state index contributed by atoms with van der Waals surface area (Å²) in [6.45, 7) is 6.09. The second kappa shape index (κ2) is 7.39. The highest BCUT2D eigenvalue weighted by Crippen LogP contribution is 2.16. The Balaban J connectivity index is 1.39. The number of likely N-dealkylation sites (tertiary alicyclic amines) is 2. The normalized spacial score (nSPS) is 23.5. The summed E-state index contributed by atoms with van der Waals surface area (Å²) in [6, 6.07) is 12.4. The Morgan fingerprint density at radius 2 is 1.48 bits per heavy atom. The summed E-state index contributed by atoms with van der Waals surface area (Å²) in [5.74, 6) is 0. The standard InChI is InChI=1S/C18H29N3/c1-20-11-7-17(8-12-20)19-18-9-13-21(14-10-18)15-16-5-3-2-4-6-16/h2-6,17-19H,7-15H2,1H3. The number of piperidine rings is 2. The second-order valence-electron chi connectivity index (χ2n) is 6.78. The molecular formula is C18H29N3. The van der Waals surface area contributed by atoms with Crippen LogP contribution in [0.5, 0.6) is 0 Å². The number of hydrogen-bond acceptors (Lipinski definition) is 3. The maximum absolute atomic E-state index is 3.91. The van der Waals surface area contributed by atoms with E-state index >= 15 is 0 Å². The van der Waals surface area contributed by atoms with E-state index in [1.54, 1.807) is 0 Å². The zero-order valence-corrected chi connectivity index (χ0v) is 13.3. The molecule has 116 valence electrons. The summed E-state index contributed by atoms with van der Waals surface area (Å²) in [5, 5.41) is 3.91. The van der Waals surface area contributed by atoms with E-state index in [1.165, 1.54) is 57.4 Å². The van der Waals surface area contributed by atoms with Gasteiger partial charge in [-0.05, 0) is 64.5 Å². The van der Waals surface area contributed by atoms with Gasteiger partial charge < -0.3 is 10.2 Å². The van der Waals surface area contributed by atoms with Crippen molar-refractivity contribution in [2.45, 2.75) is 44.3 Å². The average Bonchev–Trinajstić information content (AvgIpc) is 2.53. The van der Waals surface area contributed by atoms with Gasteiger partial charge in [0.1, 0.15) is 0 Å². The van der Waals surface area contributed by atoms with Gasteiger partial charge >= 0.3 is 0 Å². The SMILES string of the molecule is CN1CCC(NC2CCN(Cc3ccccc3)CC2)CC1. The van der Waals surface area contributed by atoms with Crippen LogP contribution in [0.15, 0.2) is 30.3 Å². The van der Waals surface area contributed by atoms with Crippen molar-refractivity contribution in [2.24, 2.45) is 0 Å². The van der Waals surface area contributed by atoms with Crippen molar-refractivity contribution in [1.29, 1.82) is 0 Å². The molecule has 1 N–H and O–H groups in total. The number of rotatable bonds is 4. The Bertz CT molecular complexity index is 404. The highest BCUT2D eigenvalue weighted by molar-refractivity contribution is 5.14. The zero-order chi connectivity index (χ0) is 14.5. The molecule has 2 heterocycles. The smallest absolute Gasteiger partial charge is 0.0233 e. The van der Waals surface area contributed by atoms with Crippen molar-refractivity contribution in [3.05, 3.63) is 35.9 Å². The summed E-state index contributed by atoms with van der Waals surface area (Å²) < 4.78 is 0. The highest BCUT2D eigenvalue weighted by Gasteiger charge is 2.23. The van der Waals surface area contributed by atoms with E-state index in [4.69, 9.17) is 0 Å². The van der Waals surface area contributed by atoms with Crippen LogP contribution in [0.25, 0.3) is 0 Å². The van der Waals surface area contributed by atoms with Gasteiger partial charge in [-0.15, -0.1) is 0 Å². The molecule has 2 aliphatic rings.